The van der Waals surface area contributed by atoms with Crippen LogP contribution in [-0.2, 0) is 10.0 Å². The van der Waals surface area contributed by atoms with E-state index >= 15 is 0 Å². The predicted octanol–water partition coefficient (Wildman–Crippen LogP) is 3.66. The first kappa shape index (κ1) is 23.0. The van der Waals surface area contributed by atoms with Crippen molar-refractivity contribution >= 4 is 27.5 Å². The fraction of sp³-hybridized carbons (Fsp3) is 0.333. The van der Waals surface area contributed by atoms with Crippen molar-refractivity contribution in [2.24, 2.45) is 0 Å². The van der Waals surface area contributed by atoms with Gasteiger partial charge in [0, 0.05) is 43.6 Å². The van der Waals surface area contributed by atoms with Gasteiger partial charge in [-0.15, -0.1) is 0 Å². The summed E-state index contributed by atoms with van der Waals surface area (Å²) in [7, 11) is -1.90. The monoisotopic (exact) mass is 467 g/mol. The van der Waals surface area contributed by atoms with E-state index < -0.39 is 10.0 Å². The summed E-state index contributed by atoms with van der Waals surface area (Å²) in [5, 5.41) is 3.30. The molecule has 0 atom stereocenters. The van der Waals surface area contributed by atoms with E-state index in [1.807, 2.05) is 68.1 Å². The van der Waals surface area contributed by atoms with Crippen LogP contribution in [0.2, 0.25) is 0 Å². The highest BCUT2D eigenvalue weighted by molar-refractivity contribution is 7.89. The number of methoxy groups -OCH3 is 1. The van der Waals surface area contributed by atoms with Gasteiger partial charge in [-0.05, 0) is 56.7 Å². The Morgan fingerprint density at radius 3 is 2.24 bits per heavy atom. The zero-order valence-electron chi connectivity index (χ0n) is 19.4. The minimum atomic E-state index is -3.53. The molecule has 2 heterocycles. The fourth-order valence-electron chi connectivity index (χ4n) is 3.94. The van der Waals surface area contributed by atoms with Crippen LogP contribution in [0.1, 0.15) is 16.8 Å². The zero-order chi connectivity index (χ0) is 23.6. The maximum Gasteiger partial charge on any atom is 0.243 e. The lowest BCUT2D eigenvalue weighted by molar-refractivity contribution is 0.382. The first-order chi connectivity index (χ1) is 15.8. The van der Waals surface area contributed by atoms with Crippen LogP contribution in [-0.4, -0.2) is 56.0 Å². The Balaban J connectivity index is 1.47. The Labute approximate surface area is 195 Å². The van der Waals surface area contributed by atoms with E-state index in [9.17, 15) is 8.42 Å². The molecule has 3 aromatic rings. The second-order valence-electron chi connectivity index (χ2n) is 8.21. The van der Waals surface area contributed by atoms with Crippen LogP contribution in [0.15, 0.2) is 53.4 Å². The Morgan fingerprint density at radius 1 is 0.909 bits per heavy atom. The summed E-state index contributed by atoms with van der Waals surface area (Å²) < 4.78 is 33.1. The lowest BCUT2D eigenvalue weighted by Gasteiger charge is -2.34. The predicted molar refractivity (Wildman–Crippen MR) is 130 cm³/mol. The van der Waals surface area contributed by atoms with Gasteiger partial charge in [0.25, 0.3) is 0 Å². The molecule has 9 heteroatoms. The van der Waals surface area contributed by atoms with E-state index in [0.29, 0.717) is 42.8 Å². The second-order valence-corrected chi connectivity index (χ2v) is 10.1. The van der Waals surface area contributed by atoms with Gasteiger partial charge in [-0.3, -0.25) is 0 Å². The van der Waals surface area contributed by atoms with Crippen molar-refractivity contribution in [1.82, 2.24) is 14.3 Å². The highest BCUT2D eigenvalue weighted by Crippen LogP contribution is 2.25. The van der Waals surface area contributed by atoms with Crippen LogP contribution < -0.4 is 15.0 Å². The summed E-state index contributed by atoms with van der Waals surface area (Å²) in [6.45, 7) is 7.54. The number of rotatable bonds is 6. The van der Waals surface area contributed by atoms with Gasteiger partial charge < -0.3 is 15.0 Å². The summed E-state index contributed by atoms with van der Waals surface area (Å²) >= 11 is 0. The molecular weight excluding hydrogens is 438 g/mol. The summed E-state index contributed by atoms with van der Waals surface area (Å²) in [5.41, 5.74) is 3.55. The average Bonchev–Trinajstić information content (AvgIpc) is 2.79. The molecule has 1 aromatic heterocycles. The quantitative estimate of drug-likeness (QED) is 0.592. The molecule has 0 bridgehead atoms. The number of sulfonamides is 1. The molecule has 0 spiro atoms. The van der Waals surface area contributed by atoms with Gasteiger partial charge in [-0.2, -0.15) is 9.29 Å². The molecule has 0 unspecified atom stereocenters. The number of nitrogens with one attached hydrogen (secondary N) is 1. The highest BCUT2D eigenvalue weighted by atomic mass is 32.2. The molecule has 4 rings (SSSR count). The SMILES string of the molecule is COc1ccc(Nc2cc(C)nc(N3CCN(S(=O)(=O)c4ccc(C)cc4C)CC3)n2)cc1. The highest BCUT2D eigenvalue weighted by Gasteiger charge is 2.30. The molecule has 0 amide bonds. The molecule has 1 saturated heterocycles. The van der Waals surface area contributed by atoms with Crippen LogP contribution in [0.3, 0.4) is 0 Å². The molecule has 0 saturated carbocycles. The lowest BCUT2D eigenvalue weighted by atomic mass is 10.2. The minimum Gasteiger partial charge on any atom is -0.497 e. The van der Waals surface area contributed by atoms with Crippen LogP contribution in [0.4, 0.5) is 17.5 Å². The molecule has 1 fully saturated rings. The summed E-state index contributed by atoms with van der Waals surface area (Å²) in [5.74, 6) is 2.07. The lowest BCUT2D eigenvalue weighted by Crippen LogP contribution is -2.49. The van der Waals surface area contributed by atoms with E-state index in [1.165, 1.54) is 0 Å². The van der Waals surface area contributed by atoms with Crippen LogP contribution in [0.25, 0.3) is 0 Å². The van der Waals surface area contributed by atoms with Gasteiger partial charge in [0.1, 0.15) is 11.6 Å². The number of ether oxygens (including phenoxy) is 1. The van der Waals surface area contributed by atoms with E-state index in [-0.39, 0.29) is 0 Å². The van der Waals surface area contributed by atoms with E-state index in [2.05, 4.69) is 15.3 Å². The van der Waals surface area contributed by atoms with Crippen molar-refractivity contribution in [3.63, 3.8) is 0 Å². The molecule has 8 nitrogen and oxygen atoms in total. The van der Waals surface area contributed by atoms with Crippen molar-refractivity contribution in [1.29, 1.82) is 0 Å². The third-order valence-corrected chi connectivity index (χ3v) is 7.73. The Hall–Kier alpha value is -3.17. The van der Waals surface area contributed by atoms with Crippen molar-refractivity contribution in [2.75, 3.05) is 43.5 Å². The number of aryl methyl sites for hydroxylation is 3. The molecule has 33 heavy (non-hydrogen) atoms. The molecule has 0 aliphatic carbocycles. The summed E-state index contributed by atoms with van der Waals surface area (Å²) in [6.07, 6.45) is 0. The van der Waals surface area contributed by atoms with Gasteiger partial charge in [0.15, 0.2) is 0 Å². The van der Waals surface area contributed by atoms with Crippen LogP contribution in [0.5, 0.6) is 5.75 Å². The van der Waals surface area contributed by atoms with Gasteiger partial charge in [0.05, 0.1) is 12.0 Å². The normalized spacial score (nSPS) is 14.8. The first-order valence-electron chi connectivity index (χ1n) is 10.9. The standard InChI is InChI=1S/C24H29N5O3S/c1-17-5-10-22(18(2)15-17)33(30,31)29-13-11-28(12-14-29)24-25-19(3)16-23(27-24)26-20-6-8-21(32-4)9-7-20/h5-10,15-16H,11-14H2,1-4H3,(H,25,26,27). The van der Waals surface area contributed by atoms with Crippen molar-refractivity contribution in [3.05, 3.63) is 65.4 Å². The number of anilines is 3. The summed E-state index contributed by atoms with van der Waals surface area (Å²) in [4.78, 5) is 11.7. The third-order valence-electron chi connectivity index (χ3n) is 5.67. The topological polar surface area (TPSA) is 87.7 Å². The number of hydrogen-bond acceptors (Lipinski definition) is 7. The molecular formula is C24H29N5O3S. The Morgan fingerprint density at radius 2 is 1.61 bits per heavy atom. The van der Waals surface area contributed by atoms with E-state index in [1.54, 1.807) is 17.5 Å². The molecule has 1 aliphatic rings. The number of hydrogen-bond donors (Lipinski definition) is 1. The van der Waals surface area contributed by atoms with Gasteiger partial charge in [0.2, 0.25) is 16.0 Å². The van der Waals surface area contributed by atoms with Crippen molar-refractivity contribution in [3.8, 4) is 5.75 Å². The van der Waals surface area contributed by atoms with Gasteiger partial charge in [-0.1, -0.05) is 17.7 Å². The average molecular weight is 468 g/mol. The van der Waals surface area contributed by atoms with E-state index in [0.717, 1.165) is 28.3 Å². The third kappa shape index (κ3) is 5.09. The van der Waals surface area contributed by atoms with Crippen LogP contribution in [0, 0.1) is 20.8 Å². The molecule has 0 radical (unpaired) electrons. The van der Waals surface area contributed by atoms with Crippen LogP contribution >= 0.6 is 0 Å². The minimum absolute atomic E-state index is 0.374. The maximum absolute atomic E-state index is 13.2. The maximum atomic E-state index is 13.2. The van der Waals surface area contributed by atoms with Gasteiger partial charge in [-0.25, -0.2) is 13.4 Å². The second kappa shape index (κ2) is 9.36. The number of benzene rings is 2. The van der Waals surface area contributed by atoms with Gasteiger partial charge >= 0.3 is 0 Å². The summed E-state index contributed by atoms with van der Waals surface area (Å²) in [6, 6.07) is 14.9. The zero-order valence-corrected chi connectivity index (χ0v) is 20.2. The first-order valence-corrected chi connectivity index (χ1v) is 12.3. The fourth-order valence-corrected chi connectivity index (χ4v) is 5.56. The molecule has 174 valence electrons. The van der Waals surface area contributed by atoms with E-state index in [4.69, 9.17) is 4.74 Å². The molecule has 1 aliphatic heterocycles. The molecule has 1 N–H and O–H groups in total. The van der Waals surface area contributed by atoms with Crippen molar-refractivity contribution in [2.45, 2.75) is 25.7 Å². The Kier molecular flexibility index (Phi) is 6.53. The Bertz CT molecular complexity index is 1240. The smallest absolute Gasteiger partial charge is 0.243 e. The van der Waals surface area contributed by atoms with Crippen molar-refractivity contribution < 1.29 is 13.2 Å². The number of nitrogens with zero attached hydrogens (tertiary/aromatic N) is 4. The number of aromatic nitrogens is 2. The number of piperazine rings is 1. The molecule has 2 aromatic carbocycles. The largest absolute Gasteiger partial charge is 0.497 e.